The third kappa shape index (κ3) is 5.09. The largest absolute Gasteiger partial charge is 0.486 e. The standard InChI is InChI=1S/C26H25Cl2N5O/c1-17(26-22(27)14-29-15-23(26)28)34-20-7-9-25-21(12-20)24(31-32-25)8-5-18-4-6-19(30-13-18)16-33-10-2-3-11-33/h4-9,12-15,17H,2-3,10-11,16H2,1H3,(H,31,32)/b8-5+/t17-/m1/s1. The van der Waals surface area contributed by atoms with Crippen molar-refractivity contribution in [1.29, 1.82) is 0 Å². The lowest BCUT2D eigenvalue weighted by Crippen LogP contribution is -2.18. The summed E-state index contributed by atoms with van der Waals surface area (Å²) in [6.07, 6.45) is 11.3. The van der Waals surface area contributed by atoms with Crippen LogP contribution in [0, 0.1) is 0 Å². The predicted molar refractivity (Wildman–Crippen MR) is 137 cm³/mol. The summed E-state index contributed by atoms with van der Waals surface area (Å²) < 4.78 is 6.15. The van der Waals surface area contributed by atoms with Crippen molar-refractivity contribution in [1.82, 2.24) is 25.1 Å². The van der Waals surface area contributed by atoms with E-state index in [1.807, 2.05) is 43.5 Å². The van der Waals surface area contributed by atoms with E-state index in [0.717, 1.165) is 34.4 Å². The first-order valence-electron chi connectivity index (χ1n) is 11.4. The molecule has 0 bridgehead atoms. The second-order valence-corrected chi connectivity index (χ2v) is 9.31. The number of ether oxygens (including phenoxy) is 1. The van der Waals surface area contributed by atoms with Crippen LogP contribution in [0.3, 0.4) is 0 Å². The Morgan fingerprint density at radius 3 is 2.59 bits per heavy atom. The second-order valence-electron chi connectivity index (χ2n) is 8.49. The molecule has 1 aliphatic rings. The molecule has 0 radical (unpaired) electrons. The zero-order chi connectivity index (χ0) is 23.5. The SMILES string of the molecule is C[C@@H](Oc1ccc2[nH]nc(/C=C/c3ccc(CN4CCCC4)nc3)c2c1)c1c(Cl)cncc1Cl. The first kappa shape index (κ1) is 22.8. The first-order valence-corrected chi connectivity index (χ1v) is 12.1. The minimum absolute atomic E-state index is 0.337. The van der Waals surface area contributed by atoms with E-state index >= 15 is 0 Å². The van der Waals surface area contributed by atoms with Crippen molar-refractivity contribution in [2.75, 3.05) is 13.1 Å². The number of hydrogen-bond acceptors (Lipinski definition) is 5. The fourth-order valence-electron chi connectivity index (χ4n) is 4.26. The molecule has 0 amide bonds. The van der Waals surface area contributed by atoms with Gasteiger partial charge in [0, 0.05) is 36.1 Å². The molecule has 0 aliphatic carbocycles. The van der Waals surface area contributed by atoms with Gasteiger partial charge in [-0.15, -0.1) is 0 Å². The number of halogens is 2. The van der Waals surface area contributed by atoms with Gasteiger partial charge in [-0.1, -0.05) is 35.3 Å². The van der Waals surface area contributed by atoms with E-state index in [9.17, 15) is 0 Å². The van der Waals surface area contributed by atoms with Crippen LogP contribution in [0.4, 0.5) is 0 Å². The number of rotatable bonds is 7. The highest BCUT2D eigenvalue weighted by Crippen LogP contribution is 2.33. The molecule has 34 heavy (non-hydrogen) atoms. The molecule has 1 aliphatic heterocycles. The summed E-state index contributed by atoms with van der Waals surface area (Å²) in [6, 6.07) is 10.0. The summed E-state index contributed by atoms with van der Waals surface area (Å²) in [5.74, 6) is 0.702. The zero-order valence-electron chi connectivity index (χ0n) is 18.8. The molecule has 6 nitrogen and oxygen atoms in total. The average Bonchev–Trinajstić information content (AvgIpc) is 3.48. The fraction of sp³-hybridized carbons (Fsp3) is 0.269. The lowest BCUT2D eigenvalue weighted by Gasteiger charge is -2.17. The normalized spacial score (nSPS) is 15.4. The molecule has 1 atom stereocenters. The molecular formula is C26H25Cl2N5O. The van der Waals surface area contributed by atoms with Crippen molar-refractivity contribution in [2.45, 2.75) is 32.4 Å². The minimum Gasteiger partial charge on any atom is -0.486 e. The van der Waals surface area contributed by atoms with Crippen molar-refractivity contribution < 1.29 is 4.74 Å². The van der Waals surface area contributed by atoms with Crippen LogP contribution < -0.4 is 4.74 Å². The number of nitrogens with one attached hydrogen (secondary N) is 1. The average molecular weight is 494 g/mol. The van der Waals surface area contributed by atoms with Crippen LogP contribution in [0.15, 0.2) is 48.9 Å². The van der Waals surface area contributed by atoms with Crippen LogP contribution >= 0.6 is 23.2 Å². The summed E-state index contributed by atoms with van der Waals surface area (Å²) in [4.78, 5) is 11.1. The minimum atomic E-state index is -0.337. The number of benzene rings is 1. The van der Waals surface area contributed by atoms with Gasteiger partial charge in [0.15, 0.2) is 0 Å². The van der Waals surface area contributed by atoms with Crippen LogP contribution in [0.5, 0.6) is 5.75 Å². The van der Waals surface area contributed by atoms with Crippen molar-refractivity contribution in [2.24, 2.45) is 0 Å². The summed E-state index contributed by atoms with van der Waals surface area (Å²) >= 11 is 12.6. The first-order chi connectivity index (χ1) is 16.6. The Bertz CT molecular complexity index is 1290. The highest BCUT2D eigenvalue weighted by molar-refractivity contribution is 6.35. The Morgan fingerprint density at radius 1 is 1.06 bits per heavy atom. The van der Waals surface area contributed by atoms with Gasteiger partial charge in [-0.25, -0.2) is 0 Å². The Kier molecular flexibility index (Phi) is 6.81. The summed E-state index contributed by atoms with van der Waals surface area (Å²) in [5.41, 5.74) is 4.61. The maximum atomic E-state index is 6.29. The number of pyridine rings is 2. The van der Waals surface area contributed by atoms with Crippen LogP contribution in [0.25, 0.3) is 23.1 Å². The number of likely N-dealkylation sites (tertiary alicyclic amines) is 1. The van der Waals surface area contributed by atoms with E-state index in [1.165, 1.54) is 25.9 Å². The van der Waals surface area contributed by atoms with Crippen LogP contribution in [0.1, 0.15) is 48.4 Å². The number of H-pyrrole nitrogens is 1. The van der Waals surface area contributed by atoms with E-state index in [0.29, 0.717) is 21.4 Å². The van der Waals surface area contributed by atoms with Gasteiger partial charge >= 0.3 is 0 Å². The van der Waals surface area contributed by atoms with Gasteiger partial charge < -0.3 is 4.74 Å². The van der Waals surface area contributed by atoms with Crippen molar-refractivity contribution >= 4 is 46.3 Å². The second kappa shape index (κ2) is 10.1. The molecule has 3 aromatic heterocycles. The number of aromatic nitrogens is 4. The van der Waals surface area contributed by atoms with E-state index in [2.05, 4.69) is 37.2 Å². The maximum Gasteiger partial charge on any atom is 0.124 e. The third-order valence-corrected chi connectivity index (χ3v) is 6.64. The molecule has 0 saturated carbocycles. The van der Waals surface area contributed by atoms with E-state index < -0.39 is 0 Å². The van der Waals surface area contributed by atoms with E-state index in [4.69, 9.17) is 27.9 Å². The van der Waals surface area contributed by atoms with Gasteiger partial charge in [0.05, 0.1) is 26.9 Å². The van der Waals surface area contributed by atoms with Crippen LogP contribution in [-0.2, 0) is 6.54 Å². The number of fused-ring (bicyclic) bond motifs is 1. The fourth-order valence-corrected chi connectivity index (χ4v) is 4.93. The highest BCUT2D eigenvalue weighted by atomic mass is 35.5. The van der Waals surface area contributed by atoms with Crippen LogP contribution in [-0.4, -0.2) is 38.2 Å². The smallest absolute Gasteiger partial charge is 0.124 e. The number of hydrogen-bond donors (Lipinski definition) is 1. The lowest BCUT2D eigenvalue weighted by atomic mass is 10.1. The molecule has 8 heteroatoms. The molecule has 1 saturated heterocycles. The van der Waals surface area contributed by atoms with Gasteiger partial charge in [0.1, 0.15) is 11.9 Å². The van der Waals surface area contributed by atoms with Gasteiger partial charge in [-0.05, 0) is 68.8 Å². The van der Waals surface area contributed by atoms with Crippen molar-refractivity contribution in [3.63, 3.8) is 0 Å². The zero-order valence-corrected chi connectivity index (χ0v) is 20.4. The molecule has 1 N–H and O–H groups in total. The molecule has 1 fully saturated rings. The molecule has 4 heterocycles. The maximum absolute atomic E-state index is 6.29. The molecule has 174 valence electrons. The predicted octanol–water partition coefficient (Wildman–Crippen LogP) is 6.57. The van der Waals surface area contributed by atoms with Gasteiger partial charge in [-0.2, -0.15) is 5.10 Å². The van der Waals surface area contributed by atoms with Gasteiger partial charge in [-0.3, -0.25) is 20.0 Å². The van der Waals surface area contributed by atoms with Crippen molar-refractivity contribution in [3.8, 4) is 5.75 Å². The molecular weight excluding hydrogens is 469 g/mol. The lowest BCUT2D eigenvalue weighted by molar-refractivity contribution is 0.227. The molecule has 1 aromatic carbocycles. The highest BCUT2D eigenvalue weighted by Gasteiger charge is 2.17. The molecule has 4 aromatic rings. The quantitative estimate of drug-likeness (QED) is 0.315. The topological polar surface area (TPSA) is 66.9 Å². The summed E-state index contributed by atoms with van der Waals surface area (Å²) in [5, 5.41) is 9.46. The Hall–Kier alpha value is -2.93. The third-order valence-electron chi connectivity index (χ3n) is 6.04. The monoisotopic (exact) mass is 493 g/mol. The Balaban J connectivity index is 1.31. The molecule has 0 unspecified atom stereocenters. The van der Waals surface area contributed by atoms with E-state index in [-0.39, 0.29) is 6.10 Å². The Morgan fingerprint density at radius 2 is 1.85 bits per heavy atom. The van der Waals surface area contributed by atoms with Gasteiger partial charge in [0.2, 0.25) is 0 Å². The van der Waals surface area contributed by atoms with Crippen molar-refractivity contribution in [3.05, 3.63) is 81.5 Å². The molecule has 0 spiro atoms. The Labute approximate surface area is 208 Å². The van der Waals surface area contributed by atoms with Crippen LogP contribution in [0.2, 0.25) is 10.0 Å². The van der Waals surface area contributed by atoms with E-state index in [1.54, 1.807) is 12.4 Å². The summed E-state index contributed by atoms with van der Waals surface area (Å²) in [7, 11) is 0. The summed E-state index contributed by atoms with van der Waals surface area (Å²) in [6.45, 7) is 5.17. The number of nitrogens with zero attached hydrogens (tertiary/aromatic N) is 4. The number of aromatic amines is 1. The van der Waals surface area contributed by atoms with Gasteiger partial charge in [0.25, 0.3) is 0 Å². The molecule has 5 rings (SSSR count).